The SMILES string of the molecule is CCC1(CC)CC(NC(=O)CCC(C)=O)CCO1. The summed E-state index contributed by atoms with van der Waals surface area (Å²) < 4.78 is 5.87. The van der Waals surface area contributed by atoms with Crippen molar-refractivity contribution in [3.8, 4) is 0 Å². The maximum Gasteiger partial charge on any atom is 0.220 e. The zero-order valence-electron chi connectivity index (χ0n) is 11.8. The van der Waals surface area contributed by atoms with Crippen molar-refractivity contribution in [1.29, 1.82) is 0 Å². The van der Waals surface area contributed by atoms with Crippen LogP contribution in [0.25, 0.3) is 0 Å². The Morgan fingerprint density at radius 2 is 1.94 bits per heavy atom. The van der Waals surface area contributed by atoms with Crippen molar-refractivity contribution in [2.75, 3.05) is 6.61 Å². The van der Waals surface area contributed by atoms with Gasteiger partial charge in [-0.05, 0) is 32.6 Å². The van der Waals surface area contributed by atoms with Crippen molar-refractivity contribution in [2.45, 2.75) is 70.9 Å². The summed E-state index contributed by atoms with van der Waals surface area (Å²) in [7, 11) is 0. The number of hydrogen-bond acceptors (Lipinski definition) is 3. The van der Waals surface area contributed by atoms with Crippen molar-refractivity contribution >= 4 is 11.7 Å². The highest BCUT2D eigenvalue weighted by molar-refractivity contribution is 5.83. The second-order valence-corrected chi connectivity index (χ2v) is 5.20. The quantitative estimate of drug-likeness (QED) is 0.791. The van der Waals surface area contributed by atoms with E-state index >= 15 is 0 Å². The van der Waals surface area contributed by atoms with Crippen LogP contribution in [-0.4, -0.2) is 29.9 Å². The molecule has 0 aliphatic carbocycles. The smallest absolute Gasteiger partial charge is 0.220 e. The van der Waals surface area contributed by atoms with Gasteiger partial charge < -0.3 is 14.8 Å². The van der Waals surface area contributed by atoms with Crippen molar-refractivity contribution in [1.82, 2.24) is 5.32 Å². The number of Topliss-reactive ketones (excluding diaryl/α,β-unsaturated/α-hetero) is 1. The van der Waals surface area contributed by atoms with E-state index < -0.39 is 0 Å². The second-order valence-electron chi connectivity index (χ2n) is 5.20. The predicted octanol–water partition coefficient (Wildman–Crippen LogP) is 2.21. The fraction of sp³-hybridized carbons (Fsp3) is 0.857. The average Bonchev–Trinajstić information content (AvgIpc) is 2.36. The lowest BCUT2D eigenvalue weighted by molar-refractivity contribution is -0.128. The molecule has 1 aliphatic heterocycles. The fourth-order valence-electron chi connectivity index (χ4n) is 2.48. The van der Waals surface area contributed by atoms with Gasteiger partial charge in [-0.2, -0.15) is 0 Å². The van der Waals surface area contributed by atoms with Gasteiger partial charge in [-0.15, -0.1) is 0 Å². The molecule has 1 rings (SSSR count). The Morgan fingerprint density at radius 3 is 2.50 bits per heavy atom. The molecule has 0 saturated carbocycles. The van der Waals surface area contributed by atoms with Gasteiger partial charge in [0, 0.05) is 25.5 Å². The van der Waals surface area contributed by atoms with Crippen LogP contribution in [0, 0.1) is 0 Å². The minimum absolute atomic E-state index is 0.0155. The van der Waals surface area contributed by atoms with Crippen LogP contribution in [0.1, 0.15) is 59.3 Å². The highest BCUT2D eigenvalue weighted by Crippen LogP contribution is 2.31. The number of ketones is 1. The molecule has 0 aromatic heterocycles. The van der Waals surface area contributed by atoms with E-state index in [9.17, 15) is 9.59 Å². The first-order valence-corrected chi connectivity index (χ1v) is 6.94. The van der Waals surface area contributed by atoms with Crippen LogP contribution < -0.4 is 5.32 Å². The molecular weight excluding hydrogens is 230 g/mol. The lowest BCUT2D eigenvalue weighted by Crippen LogP contribution is -2.48. The molecule has 0 bridgehead atoms. The molecule has 4 nitrogen and oxygen atoms in total. The van der Waals surface area contributed by atoms with Gasteiger partial charge in [-0.3, -0.25) is 4.79 Å². The summed E-state index contributed by atoms with van der Waals surface area (Å²) in [6.07, 6.45) is 4.34. The summed E-state index contributed by atoms with van der Waals surface area (Å²) in [6, 6.07) is 0.193. The van der Waals surface area contributed by atoms with Gasteiger partial charge in [-0.1, -0.05) is 13.8 Å². The highest BCUT2D eigenvalue weighted by atomic mass is 16.5. The zero-order chi connectivity index (χ0) is 13.6. The molecular formula is C14H25NO3. The van der Waals surface area contributed by atoms with E-state index in [2.05, 4.69) is 19.2 Å². The molecule has 18 heavy (non-hydrogen) atoms. The van der Waals surface area contributed by atoms with E-state index in [1.54, 1.807) is 0 Å². The number of ether oxygens (including phenoxy) is 1. The second kappa shape index (κ2) is 6.88. The fourth-order valence-corrected chi connectivity index (χ4v) is 2.48. The van der Waals surface area contributed by atoms with Gasteiger partial charge >= 0.3 is 0 Å². The Kier molecular flexibility index (Phi) is 5.79. The van der Waals surface area contributed by atoms with Gasteiger partial charge in [0.1, 0.15) is 5.78 Å². The lowest BCUT2D eigenvalue weighted by atomic mass is 9.86. The molecule has 0 spiro atoms. The van der Waals surface area contributed by atoms with Crippen LogP contribution >= 0.6 is 0 Å². The van der Waals surface area contributed by atoms with Crippen molar-refractivity contribution < 1.29 is 14.3 Å². The average molecular weight is 255 g/mol. The number of nitrogens with one attached hydrogen (secondary N) is 1. The lowest BCUT2D eigenvalue weighted by Gasteiger charge is -2.40. The van der Waals surface area contributed by atoms with Crippen LogP contribution in [0.2, 0.25) is 0 Å². The monoisotopic (exact) mass is 255 g/mol. The Morgan fingerprint density at radius 1 is 1.28 bits per heavy atom. The minimum atomic E-state index is -0.0726. The van der Waals surface area contributed by atoms with E-state index in [1.807, 2.05) is 0 Å². The summed E-state index contributed by atoms with van der Waals surface area (Å²) in [5, 5.41) is 3.03. The summed E-state index contributed by atoms with van der Waals surface area (Å²) in [4.78, 5) is 22.5. The third kappa shape index (κ3) is 4.41. The molecule has 104 valence electrons. The molecule has 1 fully saturated rings. The normalized spacial score (nSPS) is 22.5. The van der Waals surface area contributed by atoms with Crippen LogP contribution in [0.15, 0.2) is 0 Å². The van der Waals surface area contributed by atoms with Gasteiger partial charge in [0.15, 0.2) is 0 Å². The molecule has 0 radical (unpaired) electrons. The van der Waals surface area contributed by atoms with Crippen molar-refractivity contribution in [2.24, 2.45) is 0 Å². The molecule has 1 unspecified atom stereocenters. The molecule has 1 heterocycles. The Bertz CT molecular complexity index is 297. The summed E-state index contributed by atoms with van der Waals surface area (Å²) in [6.45, 7) is 6.48. The summed E-state index contributed by atoms with van der Waals surface area (Å²) in [5.41, 5.74) is -0.0726. The maximum atomic E-state index is 11.7. The van der Waals surface area contributed by atoms with E-state index in [4.69, 9.17) is 4.74 Å². The van der Waals surface area contributed by atoms with Crippen LogP contribution in [0.3, 0.4) is 0 Å². The van der Waals surface area contributed by atoms with Crippen molar-refractivity contribution in [3.63, 3.8) is 0 Å². The summed E-state index contributed by atoms with van der Waals surface area (Å²) >= 11 is 0. The molecule has 1 saturated heterocycles. The number of carbonyl (C=O) groups is 2. The Balaban J connectivity index is 2.42. The molecule has 1 aliphatic rings. The predicted molar refractivity (Wildman–Crippen MR) is 70.3 cm³/mol. The number of amides is 1. The van der Waals surface area contributed by atoms with E-state index in [0.717, 1.165) is 25.7 Å². The third-order valence-electron chi connectivity index (χ3n) is 3.85. The zero-order valence-corrected chi connectivity index (χ0v) is 11.8. The maximum absolute atomic E-state index is 11.7. The summed E-state index contributed by atoms with van der Waals surface area (Å²) in [5.74, 6) is 0.0480. The van der Waals surface area contributed by atoms with Gasteiger partial charge in [0.05, 0.1) is 5.60 Å². The first-order chi connectivity index (χ1) is 8.51. The van der Waals surface area contributed by atoms with E-state index in [-0.39, 0.29) is 23.3 Å². The van der Waals surface area contributed by atoms with Crippen LogP contribution in [0.5, 0.6) is 0 Å². The van der Waals surface area contributed by atoms with Crippen molar-refractivity contribution in [3.05, 3.63) is 0 Å². The first-order valence-electron chi connectivity index (χ1n) is 6.94. The van der Waals surface area contributed by atoms with Gasteiger partial charge in [0.25, 0.3) is 0 Å². The Labute approximate surface area is 109 Å². The van der Waals surface area contributed by atoms with Gasteiger partial charge in [0.2, 0.25) is 5.91 Å². The highest BCUT2D eigenvalue weighted by Gasteiger charge is 2.34. The number of hydrogen-bond donors (Lipinski definition) is 1. The Hall–Kier alpha value is -0.900. The van der Waals surface area contributed by atoms with E-state index in [0.29, 0.717) is 19.4 Å². The number of rotatable bonds is 6. The molecule has 0 aromatic rings. The minimum Gasteiger partial charge on any atom is -0.375 e. The molecule has 0 aromatic carbocycles. The largest absolute Gasteiger partial charge is 0.375 e. The molecule has 1 N–H and O–H groups in total. The third-order valence-corrected chi connectivity index (χ3v) is 3.85. The topological polar surface area (TPSA) is 55.4 Å². The molecule has 1 atom stereocenters. The van der Waals surface area contributed by atoms with Gasteiger partial charge in [-0.25, -0.2) is 0 Å². The van der Waals surface area contributed by atoms with Crippen LogP contribution in [0.4, 0.5) is 0 Å². The number of carbonyl (C=O) groups excluding carboxylic acids is 2. The first kappa shape index (κ1) is 15.2. The molecule has 1 amide bonds. The van der Waals surface area contributed by atoms with E-state index in [1.165, 1.54) is 6.92 Å². The standard InChI is InChI=1S/C14H25NO3/c1-4-14(5-2)10-12(8-9-18-14)15-13(17)7-6-11(3)16/h12H,4-10H2,1-3H3,(H,15,17). The molecule has 4 heteroatoms. The van der Waals surface area contributed by atoms with Crippen LogP contribution in [-0.2, 0) is 14.3 Å².